The molecule has 1 aromatic rings. The van der Waals surface area contributed by atoms with Crippen molar-refractivity contribution >= 4 is 17.4 Å². The highest BCUT2D eigenvalue weighted by Gasteiger charge is 1.93. The van der Waals surface area contributed by atoms with Crippen LogP contribution in [-0.4, -0.2) is 24.1 Å². The lowest BCUT2D eigenvalue weighted by Crippen LogP contribution is -2.35. The summed E-state index contributed by atoms with van der Waals surface area (Å²) in [6.07, 6.45) is 1.82. The van der Waals surface area contributed by atoms with Gasteiger partial charge in [-0.15, -0.1) is 11.3 Å². The molecule has 2 amide bonds. The standard InChI is InChI=1S/C7H12N4OS/c8-7(12)11-2-1-9-3-6-4-10-5-13-6/h4-5,9H,1-3H2,(H3,8,11,12). The van der Waals surface area contributed by atoms with Crippen molar-refractivity contribution in [3.05, 3.63) is 16.6 Å². The molecule has 1 heterocycles. The van der Waals surface area contributed by atoms with Gasteiger partial charge in [-0.05, 0) is 0 Å². The van der Waals surface area contributed by atoms with Gasteiger partial charge in [-0.3, -0.25) is 4.98 Å². The molecule has 5 nitrogen and oxygen atoms in total. The predicted octanol–water partition coefficient (Wildman–Crippen LogP) is -0.0990. The number of urea groups is 1. The van der Waals surface area contributed by atoms with Crippen molar-refractivity contribution < 1.29 is 4.79 Å². The van der Waals surface area contributed by atoms with E-state index < -0.39 is 6.03 Å². The van der Waals surface area contributed by atoms with Crippen LogP contribution in [0.4, 0.5) is 4.79 Å². The van der Waals surface area contributed by atoms with E-state index >= 15 is 0 Å². The summed E-state index contributed by atoms with van der Waals surface area (Å²) in [4.78, 5) is 15.4. The SMILES string of the molecule is NC(=O)NCCNCc1cncs1. The molecule has 1 aromatic heterocycles. The molecule has 0 fully saturated rings. The molecule has 13 heavy (non-hydrogen) atoms. The highest BCUT2D eigenvalue weighted by atomic mass is 32.1. The molecule has 4 N–H and O–H groups in total. The first-order chi connectivity index (χ1) is 6.29. The Labute approximate surface area is 80.4 Å². The fourth-order valence-electron chi connectivity index (χ4n) is 0.815. The smallest absolute Gasteiger partial charge is 0.312 e. The van der Waals surface area contributed by atoms with Gasteiger partial charge in [-0.2, -0.15) is 0 Å². The van der Waals surface area contributed by atoms with Gasteiger partial charge in [0.05, 0.1) is 5.51 Å². The molecule has 0 radical (unpaired) electrons. The third-order valence-corrected chi connectivity index (χ3v) is 2.16. The Bertz CT molecular complexity index is 249. The van der Waals surface area contributed by atoms with Crippen LogP contribution in [0.25, 0.3) is 0 Å². The van der Waals surface area contributed by atoms with Gasteiger partial charge in [-0.25, -0.2) is 4.79 Å². The molecule has 0 aromatic carbocycles. The van der Waals surface area contributed by atoms with E-state index in [4.69, 9.17) is 5.73 Å². The van der Waals surface area contributed by atoms with Crippen molar-refractivity contribution in [2.45, 2.75) is 6.54 Å². The third-order valence-electron chi connectivity index (χ3n) is 1.38. The molecule has 0 saturated carbocycles. The monoisotopic (exact) mass is 200 g/mol. The van der Waals surface area contributed by atoms with Gasteiger partial charge in [-0.1, -0.05) is 0 Å². The fourth-order valence-corrected chi connectivity index (χ4v) is 1.38. The van der Waals surface area contributed by atoms with E-state index in [0.717, 1.165) is 6.54 Å². The Balaban J connectivity index is 1.99. The van der Waals surface area contributed by atoms with Gasteiger partial charge in [0.2, 0.25) is 0 Å². The number of hydrogen-bond acceptors (Lipinski definition) is 4. The molecule has 0 aliphatic rings. The summed E-state index contributed by atoms with van der Waals surface area (Å²) < 4.78 is 0. The summed E-state index contributed by atoms with van der Waals surface area (Å²) in [7, 11) is 0. The Kier molecular flexibility index (Phi) is 4.20. The molecule has 72 valence electrons. The Morgan fingerprint density at radius 2 is 2.46 bits per heavy atom. The van der Waals surface area contributed by atoms with Crippen LogP contribution in [0.3, 0.4) is 0 Å². The van der Waals surface area contributed by atoms with E-state index in [0.29, 0.717) is 13.1 Å². The number of primary amides is 1. The molecule has 0 atom stereocenters. The van der Waals surface area contributed by atoms with Crippen LogP contribution in [0.1, 0.15) is 4.88 Å². The lowest BCUT2D eigenvalue weighted by Gasteiger charge is -2.02. The van der Waals surface area contributed by atoms with E-state index in [1.54, 1.807) is 16.8 Å². The zero-order valence-electron chi connectivity index (χ0n) is 7.12. The predicted molar refractivity (Wildman–Crippen MR) is 51.4 cm³/mol. The van der Waals surface area contributed by atoms with Gasteiger partial charge < -0.3 is 16.4 Å². The number of carbonyl (C=O) groups is 1. The van der Waals surface area contributed by atoms with Crippen molar-refractivity contribution in [1.82, 2.24) is 15.6 Å². The minimum atomic E-state index is -0.486. The van der Waals surface area contributed by atoms with Gasteiger partial charge in [0.25, 0.3) is 0 Å². The van der Waals surface area contributed by atoms with E-state index in [1.165, 1.54) is 4.88 Å². The summed E-state index contributed by atoms with van der Waals surface area (Å²) >= 11 is 1.60. The molecule has 0 spiro atoms. The van der Waals surface area contributed by atoms with Crippen molar-refractivity contribution in [2.24, 2.45) is 5.73 Å². The van der Waals surface area contributed by atoms with Crippen molar-refractivity contribution in [3.8, 4) is 0 Å². The van der Waals surface area contributed by atoms with Crippen molar-refractivity contribution in [3.63, 3.8) is 0 Å². The Morgan fingerprint density at radius 1 is 1.62 bits per heavy atom. The molecule has 1 rings (SSSR count). The number of thiazole rings is 1. The van der Waals surface area contributed by atoms with Gasteiger partial charge in [0, 0.05) is 30.7 Å². The largest absolute Gasteiger partial charge is 0.352 e. The normalized spacial score (nSPS) is 9.85. The van der Waals surface area contributed by atoms with E-state index in [1.807, 2.05) is 6.20 Å². The van der Waals surface area contributed by atoms with Crippen LogP contribution in [0.2, 0.25) is 0 Å². The van der Waals surface area contributed by atoms with E-state index in [9.17, 15) is 4.79 Å². The van der Waals surface area contributed by atoms with Crippen LogP contribution in [0.15, 0.2) is 11.7 Å². The minimum Gasteiger partial charge on any atom is -0.352 e. The first-order valence-corrected chi connectivity index (χ1v) is 4.78. The zero-order chi connectivity index (χ0) is 9.52. The average molecular weight is 200 g/mol. The Hall–Kier alpha value is -1.14. The van der Waals surface area contributed by atoms with Gasteiger partial charge >= 0.3 is 6.03 Å². The number of hydrogen-bond donors (Lipinski definition) is 3. The lowest BCUT2D eigenvalue weighted by atomic mass is 10.5. The summed E-state index contributed by atoms with van der Waals surface area (Å²) in [6, 6.07) is -0.486. The van der Waals surface area contributed by atoms with Crippen LogP contribution >= 0.6 is 11.3 Å². The third kappa shape index (κ3) is 4.44. The summed E-state index contributed by atoms with van der Waals surface area (Å²) in [5.74, 6) is 0. The van der Waals surface area contributed by atoms with Crippen LogP contribution < -0.4 is 16.4 Å². The number of nitrogens with one attached hydrogen (secondary N) is 2. The maximum atomic E-state index is 10.3. The molecular formula is C7H12N4OS. The van der Waals surface area contributed by atoms with Gasteiger partial charge in [0.1, 0.15) is 0 Å². The maximum absolute atomic E-state index is 10.3. The molecule has 0 unspecified atom stereocenters. The minimum absolute atomic E-state index is 0.486. The summed E-state index contributed by atoms with van der Waals surface area (Å²) in [5.41, 5.74) is 6.67. The molecule has 0 saturated heterocycles. The topological polar surface area (TPSA) is 80.0 Å². The second-order valence-corrected chi connectivity index (χ2v) is 3.41. The van der Waals surface area contributed by atoms with Gasteiger partial charge in [0.15, 0.2) is 0 Å². The highest BCUT2D eigenvalue weighted by molar-refractivity contribution is 7.09. The number of aromatic nitrogens is 1. The number of amides is 2. The summed E-state index contributed by atoms with van der Waals surface area (Å²) in [6.45, 7) is 2.04. The number of carbonyl (C=O) groups excluding carboxylic acids is 1. The number of nitrogens with zero attached hydrogens (tertiary/aromatic N) is 1. The fraction of sp³-hybridized carbons (Fsp3) is 0.429. The van der Waals surface area contributed by atoms with E-state index in [2.05, 4.69) is 15.6 Å². The Morgan fingerprint density at radius 3 is 3.08 bits per heavy atom. The molecule has 0 aliphatic heterocycles. The van der Waals surface area contributed by atoms with Crippen LogP contribution in [0.5, 0.6) is 0 Å². The molecule has 0 aliphatic carbocycles. The molecular weight excluding hydrogens is 188 g/mol. The first kappa shape index (κ1) is 9.94. The van der Waals surface area contributed by atoms with Crippen LogP contribution in [-0.2, 0) is 6.54 Å². The number of nitrogens with two attached hydrogens (primary N) is 1. The van der Waals surface area contributed by atoms with E-state index in [-0.39, 0.29) is 0 Å². The number of rotatable bonds is 5. The lowest BCUT2D eigenvalue weighted by molar-refractivity contribution is 0.249. The highest BCUT2D eigenvalue weighted by Crippen LogP contribution is 2.03. The van der Waals surface area contributed by atoms with Crippen molar-refractivity contribution in [1.29, 1.82) is 0 Å². The second-order valence-electron chi connectivity index (χ2n) is 2.44. The molecule has 6 heteroatoms. The second kappa shape index (κ2) is 5.50. The maximum Gasteiger partial charge on any atom is 0.312 e. The first-order valence-electron chi connectivity index (χ1n) is 3.90. The summed E-state index contributed by atoms with van der Waals surface area (Å²) in [5, 5.41) is 5.63. The average Bonchev–Trinajstić information content (AvgIpc) is 2.55. The quantitative estimate of drug-likeness (QED) is 0.581. The van der Waals surface area contributed by atoms with Crippen molar-refractivity contribution in [2.75, 3.05) is 13.1 Å². The molecule has 0 bridgehead atoms. The van der Waals surface area contributed by atoms with Crippen LogP contribution in [0, 0.1) is 0 Å². The zero-order valence-corrected chi connectivity index (χ0v) is 7.93.